The standard InChI is InChI=1S/C40H41N3O18/c1-11-5-18-24(31(50)21(11)37(54)43-12(2)38(55)56)23-16(8-17-25(32(23)51)28(47)15-6-14(57-4)7-19(44)22(15)27(17)46)29(48)35(18)60-40-34(53)36(26(42-10-41)13(3)59-40)61-39-33(52)30(49)20(45)9-58-39/h5-8,12-13,20,26,29-30,33-36,39-40,42,44-45,48-53H,9H2,1-4H3,(H,43,54)(H,55,56). The molecule has 2 aliphatic heterocycles. The van der Waals surface area contributed by atoms with Gasteiger partial charge in [0.1, 0.15) is 71.8 Å². The molecule has 12 atom stereocenters. The van der Waals surface area contributed by atoms with Gasteiger partial charge in [0.15, 0.2) is 30.3 Å². The monoisotopic (exact) mass is 851 g/mol. The van der Waals surface area contributed by atoms with E-state index in [2.05, 4.69) is 10.6 Å². The number of fused-ring (bicyclic) bond motifs is 5. The largest absolute Gasteiger partial charge is 0.507 e. The number of methoxy groups -OCH3 is 1. The van der Waals surface area contributed by atoms with E-state index >= 15 is 0 Å². The highest BCUT2D eigenvalue weighted by atomic mass is 16.7. The number of carboxylic acid groups (broad SMARTS) is 1. The SMILES string of the molecule is COc1cc(O)c2c(c1)C(=O)c1c(cc3c(c1O)-c1c(cc(C)c(C(=O)NC(C)C(=O)O)c1O)C(OC1OC(C)C(NC#N)C(OC4OCC(O)C(O)C4O)C1O)C3O)C2=O. The van der Waals surface area contributed by atoms with Gasteiger partial charge in [0.25, 0.3) is 5.91 Å². The second-order valence-electron chi connectivity index (χ2n) is 15.1. The van der Waals surface area contributed by atoms with E-state index in [0.29, 0.717) is 0 Å². The van der Waals surface area contributed by atoms with Crippen molar-refractivity contribution >= 4 is 23.4 Å². The number of ether oxygens (including phenoxy) is 5. The van der Waals surface area contributed by atoms with E-state index in [1.807, 2.05) is 0 Å². The molecule has 3 aromatic rings. The van der Waals surface area contributed by atoms with E-state index < -0.39 is 154 Å². The van der Waals surface area contributed by atoms with Crippen molar-refractivity contribution in [3.63, 3.8) is 0 Å². The second kappa shape index (κ2) is 16.2. The Morgan fingerprint density at radius 3 is 2.18 bits per heavy atom. The molecule has 0 radical (unpaired) electrons. The molecule has 2 heterocycles. The molecular formula is C40H41N3O18. The Balaban J connectivity index is 1.37. The number of rotatable bonds is 9. The molecule has 1 amide bonds. The predicted molar refractivity (Wildman–Crippen MR) is 200 cm³/mol. The summed E-state index contributed by atoms with van der Waals surface area (Å²) in [5.41, 5.74) is -3.68. The minimum atomic E-state index is -1.95. The molecule has 2 fully saturated rings. The van der Waals surface area contributed by atoms with Crippen molar-refractivity contribution in [1.29, 1.82) is 5.26 Å². The lowest BCUT2D eigenvalue weighted by Crippen LogP contribution is -2.65. The number of aliphatic hydroxyl groups excluding tert-OH is 5. The maximum atomic E-state index is 14.1. The Hall–Kier alpha value is -5.93. The molecule has 3 aromatic carbocycles. The highest BCUT2D eigenvalue weighted by molar-refractivity contribution is 6.31. The Morgan fingerprint density at radius 2 is 1.52 bits per heavy atom. The van der Waals surface area contributed by atoms with E-state index in [9.17, 15) is 70.4 Å². The number of hydrogen-bond donors (Lipinski definition) is 11. The van der Waals surface area contributed by atoms with E-state index in [1.165, 1.54) is 40.0 Å². The highest BCUT2D eigenvalue weighted by Crippen LogP contribution is 2.57. The van der Waals surface area contributed by atoms with Gasteiger partial charge in [-0.1, -0.05) is 6.07 Å². The van der Waals surface area contributed by atoms with Crippen molar-refractivity contribution in [2.75, 3.05) is 13.7 Å². The van der Waals surface area contributed by atoms with Gasteiger partial charge in [0, 0.05) is 28.3 Å². The van der Waals surface area contributed by atoms with Crippen LogP contribution in [0.2, 0.25) is 0 Å². The van der Waals surface area contributed by atoms with Gasteiger partial charge in [0.05, 0.1) is 42.6 Å². The van der Waals surface area contributed by atoms with Crippen LogP contribution in [-0.2, 0) is 23.7 Å². The minimum absolute atomic E-state index is 0.000981. The van der Waals surface area contributed by atoms with Gasteiger partial charge in [0.2, 0.25) is 0 Å². The quantitative estimate of drug-likeness (QED) is 0.0728. The first-order valence-corrected chi connectivity index (χ1v) is 18.8. The normalized spacial score (nSPS) is 29.5. The number of carbonyl (C=O) groups is 4. The lowest BCUT2D eigenvalue weighted by Gasteiger charge is -2.46. The second-order valence-corrected chi connectivity index (χ2v) is 15.1. The molecule has 324 valence electrons. The number of aromatic hydroxyl groups is 3. The number of amides is 1. The summed E-state index contributed by atoms with van der Waals surface area (Å²) in [6.07, 6.45) is -14.9. The van der Waals surface area contributed by atoms with Crippen LogP contribution in [0.4, 0.5) is 0 Å². The number of aryl methyl sites for hydroxylation is 1. The molecule has 12 unspecified atom stereocenters. The molecule has 61 heavy (non-hydrogen) atoms. The average molecular weight is 852 g/mol. The Bertz CT molecular complexity index is 2380. The molecular weight excluding hydrogens is 810 g/mol. The van der Waals surface area contributed by atoms with Gasteiger partial charge in [-0.3, -0.25) is 19.2 Å². The fourth-order valence-electron chi connectivity index (χ4n) is 8.17. The minimum Gasteiger partial charge on any atom is -0.507 e. The van der Waals surface area contributed by atoms with Crippen LogP contribution in [0.15, 0.2) is 24.3 Å². The summed E-state index contributed by atoms with van der Waals surface area (Å²) in [5, 5.41) is 113. The lowest BCUT2D eigenvalue weighted by molar-refractivity contribution is -0.339. The maximum Gasteiger partial charge on any atom is 0.325 e. The molecule has 0 spiro atoms. The van der Waals surface area contributed by atoms with Gasteiger partial charge in [-0.25, -0.2) is 0 Å². The number of ketones is 2. The predicted octanol–water partition coefficient (Wildman–Crippen LogP) is -0.760. The number of nitriles is 1. The summed E-state index contributed by atoms with van der Waals surface area (Å²) in [6.45, 7) is 3.52. The first kappa shape index (κ1) is 43.2. The number of carbonyl (C=O) groups excluding carboxylic acids is 3. The number of nitrogens with zero attached hydrogens (tertiary/aromatic N) is 1. The molecule has 2 saturated heterocycles. The van der Waals surface area contributed by atoms with E-state index in [-0.39, 0.29) is 28.0 Å². The highest BCUT2D eigenvalue weighted by Gasteiger charge is 2.51. The van der Waals surface area contributed by atoms with Gasteiger partial charge in [-0.05, 0) is 49.6 Å². The molecule has 11 N–H and O–H groups in total. The number of phenolic OH excluding ortho intramolecular Hbond substituents is 3. The number of nitrogens with one attached hydrogen (secondary N) is 2. The van der Waals surface area contributed by atoms with Crippen LogP contribution in [0.25, 0.3) is 11.1 Å². The maximum absolute atomic E-state index is 14.1. The van der Waals surface area contributed by atoms with Crippen LogP contribution in [0.3, 0.4) is 0 Å². The summed E-state index contributed by atoms with van der Waals surface area (Å²) >= 11 is 0. The van der Waals surface area contributed by atoms with Gasteiger partial charge >= 0.3 is 5.97 Å². The average Bonchev–Trinajstić information content (AvgIpc) is 3.20. The zero-order valence-electron chi connectivity index (χ0n) is 32.6. The van der Waals surface area contributed by atoms with Crippen molar-refractivity contribution in [3.05, 3.63) is 68.8 Å². The number of benzene rings is 3. The summed E-state index contributed by atoms with van der Waals surface area (Å²) in [5.74, 6) is -6.82. The zero-order chi connectivity index (χ0) is 44.5. The van der Waals surface area contributed by atoms with Gasteiger partial charge in [-0.15, -0.1) is 0 Å². The Kier molecular flexibility index (Phi) is 11.4. The van der Waals surface area contributed by atoms with Gasteiger partial charge < -0.3 is 80.3 Å². The van der Waals surface area contributed by atoms with Crippen LogP contribution >= 0.6 is 0 Å². The third-order valence-corrected chi connectivity index (χ3v) is 11.3. The molecule has 21 nitrogen and oxygen atoms in total. The summed E-state index contributed by atoms with van der Waals surface area (Å²) in [6, 6.07) is 1.97. The fraction of sp³-hybridized carbons (Fsp3) is 0.425. The summed E-state index contributed by atoms with van der Waals surface area (Å²) < 4.78 is 28.6. The lowest BCUT2D eigenvalue weighted by atomic mass is 9.74. The number of hydrogen-bond acceptors (Lipinski definition) is 19. The smallest absolute Gasteiger partial charge is 0.325 e. The fourth-order valence-corrected chi connectivity index (χ4v) is 8.17. The third-order valence-electron chi connectivity index (χ3n) is 11.3. The zero-order valence-corrected chi connectivity index (χ0v) is 32.6. The van der Waals surface area contributed by atoms with Crippen LogP contribution < -0.4 is 15.4 Å². The number of aliphatic hydroxyl groups is 5. The Labute approximate surface area is 344 Å². The summed E-state index contributed by atoms with van der Waals surface area (Å²) in [7, 11) is 1.25. The molecule has 0 saturated carbocycles. The van der Waals surface area contributed by atoms with E-state index in [0.717, 1.165) is 12.1 Å². The molecule has 7 rings (SSSR count). The van der Waals surface area contributed by atoms with Crippen molar-refractivity contribution < 1.29 is 88.8 Å². The van der Waals surface area contributed by atoms with Crippen molar-refractivity contribution in [3.8, 4) is 40.3 Å². The van der Waals surface area contributed by atoms with E-state index in [1.54, 1.807) is 6.19 Å². The molecule has 4 aliphatic rings. The topological polar surface area (TPSA) is 344 Å². The van der Waals surface area contributed by atoms with Crippen molar-refractivity contribution in [2.45, 2.75) is 94.3 Å². The van der Waals surface area contributed by atoms with Crippen LogP contribution in [0.1, 0.15) is 84.9 Å². The van der Waals surface area contributed by atoms with Crippen molar-refractivity contribution in [2.24, 2.45) is 0 Å². The van der Waals surface area contributed by atoms with Gasteiger partial charge in [-0.2, -0.15) is 5.26 Å². The summed E-state index contributed by atoms with van der Waals surface area (Å²) in [4.78, 5) is 53.3. The first-order valence-electron chi connectivity index (χ1n) is 18.8. The number of carboxylic acids is 1. The first-order chi connectivity index (χ1) is 28.8. The molecule has 2 aliphatic carbocycles. The van der Waals surface area contributed by atoms with Crippen LogP contribution in [-0.4, -0.2) is 144 Å². The molecule has 0 aromatic heterocycles. The molecule has 0 bridgehead atoms. The number of phenols is 3. The van der Waals surface area contributed by atoms with Crippen LogP contribution in [0, 0.1) is 18.4 Å². The Morgan fingerprint density at radius 1 is 0.869 bits per heavy atom. The third kappa shape index (κ3) is 7.06. The molecule has 21 heteroatoms. The van der Waals surface area contributed by atoms with E-state index in [4.69, 9.17) is 23.7 Å². The van der Waals surface area contributed by atoms with Crippen molar-refractivity contribution in [1.82, 2.24) is 10.6 Å². The number of aliphatic carboxylic acids is 1. The van der Waals surface area contributed by atoms with Crippen LogP contribution in [0.5, 0.6) is 23.0 Å².